The molecule has 0 amide bonds. The Morgan fingerprint density at radius 3 is 2.64 bits per heavy atom. The fourth-order valence-electron chi connectivity index (χ4n) is 1.78. The van der Waals surface area contributed by atoms with Gasteiger partial charge in [0.2, 0.25) is 0 Å². The zero-order valence-electron chi connectivity index (χ0n) is 6.00. The van der Waals surface area contributed by atoms with Crippen LogP contribution >= 0.6 is 0 Å². The average Bonchev–Trinajstić information content (AvgIpc) is 2.44. The lowest BCUT2D eigenvalue weighted by Gasteiger charge is -1.94. The van der Waals surface area contributed by atoms with Crippen molar-refractivity contribution in [1.29, 1.82) is 0 Å². The third-order valence-electron chi connectivity index (χ3n) is 2.44. The van der Waals surface area contributed by atoms with Crippen LogP contribution < -0.4 is 5.32 Å². The van der Waals surface area contributed by atoms with Gasteiger partial charge in [0.05, 0.1) is 0 Å². The Labute approximate surface area is 64.8 Å². The molecule has 1 heterocycles. The van der Waals surface area contributed by atoms with E-state index in [0.29, 0.717) is 17.8 Å². The van der Waals surface area contributed by atoms with E-state index in [1.165, 1.54) is 0 Å². The highest BCUT2D eigenvalue weighted by Crippen LogP contribution is 2.47. The first-order valence-corrected chi connectivity index (χ1v) is 3.74. The lowest BCUT2D eigenvalue weighted by Crippen LogP contribution is -2.14. The predicted octanol–water partition coefficient (Wildman–Crippen LogP) is -0.460. The Kier molecular flexibility index (Phi) is 1.36. The molecule has 3 atom stereocenters. The van der Waals surface area contributed by atoms with Crippen molar-refractivity contribution in [2.75, 3.05) is 13.1 Å². The Morgan fingerprint density at radius 1 is 1.45 bits per heavy atom. The van der Waals surface area contributed by atoms with Crippen molar-refractivity contribution in [2.24, 2.45) is 17.8 Å². The maximum Gasteiger partial charge on any atom is 0.381 e. The number of fused-ring (bicyclic) bond motifs is 1. The average molecular weight is 151 g/mol. The van der Waals surface area contributed by atoms with Gasteiger partial charge in [-0.15, -0.1) is 0 Å². The molecule has 2 aliphatic rings. The SMILES string of the molecule is O=C(O)C#CC1[C@H]2CNC[C@@H]12. The lowest BCUT2D eigenvalue weighted by molar-refractivity contribution is -0.130. The van der Waals surface area contributed by atoms with E-state index in [4.69, 9.17) is 5.11 Å². The summed E-state index contributed by atoms with van der Waals surface area (Å²) >= 11 is 0. The van der Waals surface area contributed by atoms with E-state index in [9.17, 15) is 4.79 Å². The zero-order valence-corrected chi connectivity index (χ0v) is 6.00. The van der Waals surface area contributed by atoms with Gasteiger partial charge in [0.15, 0.2) is 0 Å². The lowest BCUT2D eigenvalue weighted by atomic mass is 10.3. The number of hydrogen-bond donors (Lipinski definition) is 2. The second-order valence-corrected chi connectivity index (χ2v) is 3.09. The Morgan fingerprint density at radius 2 is 2.09 bits per heavy atom. The summed E-state index contributed by atoms with van der Waals surface area (Å²) in [6, 6.07) is 0. The smallest absolute Gasteiger partial charge is 0.381 e. The summed E-state index contributed by atoms with van der Waals surface area (Å²) in [4.78, 5) is 10.1. The summed E-state index contributed by atoms with van der Waals surface area (Å²) in [7, 11) is 0. The van der Waals surface area contributed by atoms with Gasteiger partial charge in [0.25, 0.3) is 0 Å². The van der Waals surface area contributed by atoms with E-state index >= 15 is 0 Å². The summed E-state index contributed by atoms with van der Waals surface area (Å²) in [5.74, 6) is 5.58. The van der Waals surface area contributed by atoms with Gasteiger partial charge in [0.1, 0.15) is 0 Å². The van der Waals surface area contributed by atoms with Gasteiger partial charge in [-0.3, -0.25) is 0 Å². The van der Waals surface area contributed by atoms with Crippen molar-refractivity contribution in [2.45, 2.75) is 0 Å². The topological polar surface area (TPSA) is 49.3 Å². The van der Waals surface area contributed by atoms with E-state index in [2.05, 4.69) is 17.2 Å². The van der Waals surface area contributed by atoms with Gasteiger partial charge >= 0.3 is 5.97 Å². The molecule has 1 unspecified atom stereocenters. The van der Waals surface area contributed by atoms with Crippen molar-refractivity contribution >= 4 is 5.97 Å². The van der Waals surface area contributed by atoms with E-state index in [1.807, 2.05) is 0 Å². The minimum atomic E-state index is -1.01. The molecule has 0 spiro atoms. The van der Waals surface area contributed by atoms with Crippen LogP contribution in [-0.2, 0) is 4.79 Å². The minimum absolute atomic E-state index is 0.368. The van der Waals surface area contributed by atoms with Gasteiger partial charge in [-0.1, -0.05) is 5.92 Å². The molecular weight excluding hydrogens is 142 g/mol. The molecule has 11 heavy (non-hydrogen) atoms. The fourth-order valence-corrected chi connectivity index (χ4v) is 1.78. The quantitative estimate of drug-likeness (QED) is 0.460. The second-order valence-electron chi connectivity index (χ2n) is 3.09. The molecule has 58 valence electrons. The number of carbonyl (C=O) groups is 1. The van der Waals surface area contributed by atoms with Crippen molar-refractivity contribution in [1.82, 2.24) is 5.32 Å². The first-order chi connectivity index (χ1) is 5.29. The largest absolute Gasteiger partial charge is 0.472 e. The number of nitrogens with one attached hydrogen (secondary N) is 1. The van der Waals surface area contributed by atoms with E-state index < -0.39 is 5.97 Å². The summed E-state index contributed by atoms with van der Waals surface area (Å²) < 4.78 is 0. The number of carboxylic acids is 1. The highest BCUT2D eigenvalue weighted by atomic mass is 16.4. The van der Waals surface area contributed by atoms with Crippen LogP contribution in [0, 0.1) is 29.6 Å². The Balaban J connectivity index is 1.93. The Hall–Kier alpha value is -1.01. The van der Waals surface area contributed by atoms with Gasteiger partial charge in [-0.2, -0.15) is 0 Å². The van der Waals surface area contributed by atoms with Crippen LogP contribution in [-0.4, -0.2) is 24.2 Å². The summed E-state index contributed by atoms with van der Waals surface area (Å²) in [6.45, 7) is 2.03. The first kappa shape index (κ1) is 6.68. The minimum Gasteiger partial charge on any atom is -0.472 e. The number of hydrogen-bond acceptors (Lipinski definition) is 2. The molecule has 0 aromatic heterocycles. The molecule has 1 saturated heterocycles. The standard InChI is InChI=1S/C8H9NO2/c10-8(11)2-1-5-6-3-9-4-7(5)6/h5-7,9H,3-4H2,(H,10,11)/t5?,6-,7+. The van der Waals surface area contributed by atoms with E-state index in [1.54, 1.807) is 0 Å². The van der Waals surface area contributed by atoms with E-state index in [0.717, 1.165) is 13.1 Å². The van der Waals surface area contributed by atoms with Crippen molar-refractivity contribution in [3.63, 3.8) is 0 Å². The third-order valence-corrected chi connectivity index (χ3v) is 2.44. The second kappa shape index (κ2) is 2.24. The van der Waals surface area contributed by atoms with Gasteiger partial charge in [0, 0.05) is 11.8 Å². The molecule has 1 aliphatic carbocycles. The molecule has 3 nitrogen and oxygen atoms in total. The number of rotatable bonds is 0. The van der Waals surface area contributed by atoms with E-state index in [-0.39, 0.29) is 0 Å². The molecule has 2 fully saturated rings. The number of carboxylic acid groups (broad SMARTS) is 1. The van der Waals surface area contributed by atoms with Crippen molar-refractivity contribution in [3.05, 3.63) is 0 Å². The molecule has 2 rings (SSSR count). The maximum absolute atomic E-state index is 10.1. The van der Waals surface area contributed by atoms with Crippen LogP contribution in [0.2, 0.25) is 0 Å². The summed E-state index contributed by atoms with van der Waals surface area (Å²) in [6.07, 6.45) is 0. The van der Waals surface area contributed by atoms with Gasteiger partial charge in [-0.25, -0.2) is 4.79 Å². The molecule has 0 bridgehead atoms. The molecule has 0 aromatic rings. The third kappa shape index (κ3) is 1.10. The molecular formula is C8H9NO2. The highest BCUT2D eigenvalue weighted by molar-refractivity contribution is 5.86. The first-order valence-electron chi connectivity index (χ1n) is 3.74. The van der Waals surface area contributed by atoms with Crippen molar-refractivity contribution in [3.8, 4) is 11.8 Å². The Bertz CT molecular complexity index is 241. The normalized spacial score (nSPS) is 38.7. The van der Waals surface area contributed by atoms with Crippen LogP contribution in [0.4, 0.5) is 0 Å². The summed E-state index contributed by atoms with van der Waals surface area (Å²) in [5, 5.41) is 11.5. The van der Waals surface area contributed by atoms with Gasteiger partial charge < -0.3 is 10.4 Å². The van der Waals surface area contributed by atoms with Crippen molar-refractivity contribution < 1.29 is 9.90 Å². The van der Waals surface area contributed by atoms with Crippen LogP contribution in [0.25, 0.3) is 0 Å². The monoisotopic (exact) mass is 151 g/mol. The molecule has 0 radical (unpaired) electrons. The fraction of sp³-hybridized carbons (Fsp3) is 0.625. The zero-order chi connectivity index (χ0) is 7.84. The van der Waals surface area contributed by atoms with Crippen LogP contribution in [0.5, 0.6) is 0 Å². The number of aliphatic carboxylic acids is 1. The molecule has 2 N–H and O–H groups in total. The highest BCUT2D eigenvalue weighted by Gasteiger charge is 2.51. The molecule has 3 heteroatoms. The number of piperidine rings is 1. The molecule has 0 aromatic carbocycles. The van der Waals surface area contributed by atoms with Crippen LogP contribution in [0.1, 0.15) is 0 Å². The predicted molar refractivity (Wildman–Crippen MR) is 38.8 cm³/mol. The van der Waals surface area contributed by atoms with Crippen LogP contribution in [0.15, 0.2) is 0 Å². The van der Waals surface area contributed by atoms with Gasteiger partial charge in [-0.05, 0) is 24.9 Å². The maximum atomic E-state index is 10.1. The molecule has 1 saturated carbocycles. The summed E-state index contributed by atoms with van der Waals surface area (Å²) in [5.41, 5.74) is 0. The van der Waals surface area contributed by atoms with Crippen LogP contribution in [0.3, 0.4) is 0 Å². The molecule has 1 aliphatic heterocycles.